The fourth-order valence-electron chi connectivity index (χ4n) is 2.13. The highest BCUT2D eigenvalue weighted by molar-refractivity contribution is 5.98. The molecular weight excluding hydrogens is 256 g/mol. The summed E-state index contributed by atoms with van der Waals surface area (Å²) in [6, 6.07) is 5.40. The Kier molecular flexibility index (Phi) is 3.85. The predicted octanol–water partition coefficient (Wildman–Crippen LogP) is 1.11. The van der Waals surface area contributed by atoms with Crippen molar-refractivity contribution in [1.82, 2.24) is 5.01 Å². The van der Waals surface area contributed by atoms with E-state index in [4.69, 9.17) is 16.3 Å². The molecule has 6 heteroatoms. The predicted molar refractivity (Wildman–Crippen MR) is 78.5 cm³/mol. The summed E-state index contributed by atoms with van der Waals surface area (Å²) in [6.07, 6.45) is 0. The van der Waals surface area contributed by atoms with E-state index in [2.05, 4.69) is 5.32 Å². The van der Waals surface area contributed by atoms with Crippen molar-refractivity contribution < 1.29 is 9.53 Å². The molecule has 108 valence electrons. The number of methoxy groups -OCH3 is 1. The van der Waals surface area contributed by atoms with Crippen LogP contribution in [-0.4, -0.2) is 24.6 Å². The lowest BCUT2D eigenvalue weighted by Gasteiger charge is -2.23. The van der Waals surface area contributed by atoms with Crippen LogP contribution in [0.2, 0.25) is 0 Å². The number of carbonyl (C=O) groups excluding carboxylic acids is 1. The van der Waals surface area contributed by atoms with Gasteiger partial charge in [-0.2, -0.15) is 0 Å². The summed E-state index contributed by atoms with van der Waals surface area (Å²) < 4.78 is 5.24. The highest BCUT2D eigenvalue weighted by Gasteiger charge is 2.24. The normalized spacial score (nSPS) is 17.4. The Morgan fingerprint density at radius 1 is 1.45 bits per heavy atom. The van der Waals surface area contributed by atoms with Gasteiger partial charge in [-0.05, 0) is 24.1 Å². The summed E-state index contributed by atoms with van der Waals surface area (Å²) in [5.74, 6) is 6.63. The number of nitrogens with two attached hydrogens (primary N) is 2. The Morgan fingerprint density at radius 2 is 2.15 bits per heavy atom. The van der Waals surface area contributed by atoms with Gasteiger partial charge in [-0.15, -0.1) is 0 Å². The molecule has 20 heavy (non-hydrogen) atoms. The van der Waals surface area contributed by atoms with Gasteiger partial charge in [0.05, 0.1) is 18.5 Å². The smallest absolute Gasteiger partial charge is 0.245 e. The van der Waals surface area contributed by atoms with Gasteiger partial charge in [-0.1, -0.05) is 13.8 Å². The van der Waals surface area contributed by atoms with E-state index in [0.717, 1.165) is 5.56 Å². The van der Waals surface area contributed by atoms with E-state index in [-0.39, 0.29) is 18.4 Å². The number of hydrazine groups is 1. The number of hydrogen-bond acceptors (Lipinski definition) is 5. The molecule has 0 spiro atoms. The van der Waals surface area contributed by atoms with Crippen LogP contribution in [0.1, 0.15) is 19.4 Å². The zero-order valence-electron chi connectivity index (χ0n) is 11.9. The van der Waals surface area contributed by atoms with Gasteiger partial charge in [0.25, 0.3) is 0 Å². The molecule has 1 aromatic rings. The first-order chi connectivity index (χ1) is 9.43. The van der Waals surface area contributed by atoms with Crippen molar-refractivity contribution in [3.05, 3.63) is 29.5 Å². The zero-order chi connectivity index (χ0) is 14.9. The minimum absolute atomic E-state index is 0.0553. The second-order valence-electron chi connectivity index (χ2n) is 5.05. The number of allylic oxidation sites excluding steroid dienone is 1. The molecule has 1 aliphatic heterocycles. The molecule has 0 bridgehead atoms. The summed E-state index contributed by atoms with van der Waals surface area (Å²) >= 11 is 0. The van der Waals surface area contributed by atoms with Crippen molar-refractivity contribution in [3.63, 3.8) is 0 Å². The van der Waals surface area contributed by atoms with Gasteiger partial charge in [0.2, 0.25) is 5.91 Å². The Hall–Kier alpha value is -2.21. The third-order valence-electron chi connectivity index (χ3n) is 3.25. The van der Waals surface area contributed by atoms with Crippen LogP contribution in [0.5, 0.6) is 5.75 Å². The molecule has 1 heterocycles. The first-order valence-electron chi connectivity index (χ1n) is 6.44. The van der Waals surface area contributed by atoms with E-state index in [1.165, 1.54) is 5.01 Å². The van der Waals surface area contributed by atoms with E-state index in [0.29, 0.717) is 22.8 Å². The maximum atomic E-state index is 11.8. The van der Waals surface area contributed by atoms with Crippen LogP contribution in [0.25, 0.3) is 5.70 Å². The van der Waals surface area contributed by atoms with Gasteiger partial charge in [-0.3, -0.25) is 9.80 Å². The van der Waals surface area contributed by atoms with Crippen molar-refractivity contribution in [3.8, 4) is 5.75 Å². The number of hydrogen-bond donors (Lipinski definition) is 3. The Balaban J connectivity index is 2.68. The zero-order valence-corrected chi connectivity index (χ0v) is 11.9. The molecule has 0 unspecified atom stereocenters. The third-order valence-corrected chi connectivity index (χ3v) is 3.25. The SMILES string of the molecule is COc1ccc2c(c1)/C(=C(/N)C(C)C)N(N)CC(=O)N2. The standard InChI is InChI=1S/C14H20N4O2/c1-8(2)13(15)14-10-6-9(20-3)4-5-11(10)17-12(19)7-18(14)16/h4-6,8H,7,15-16H2,1-3H3,(H,17,19)/b14-13-. The van der Waals surface area contributed by atoms with E-state index in [9.17, 15) is 4.79 Å². The molecule has 0 aromatic heterocycles. The van der Waals surface area contributed by atoms with Gasteiger partial charge < -0.3 is 15.8 Å². The number of nitrogens with zero attached hydrogens (tertiary/aromatic N) is 1. The number of amides is 1. The molecule has 1 aromatic carbocycles. The third kappa shape index (κ3) is 2.55. The fraction of sp³-hybridized carbons (Fsp3) is 0.357. The van der Waals surface area contributed by atoms with Gasteiger partial charge in [0.1, 0.15) is 12.3 Å². The molecular formula is C14H20N4O2. The molecule has 1 amide bonds. The van der Waals surface area contributed by atoms with E-state index >= 15 is 0 Å². The summed E-state index contributed by atoms with van der Waals surface area (Å²) in [5, 5.41) is 4.21. The number of nitrogens with one attached hydrogen (secondary N) is 1. The van der Waals surface area contributed by atoms with Crippen molar-refractivity contribution >= 4 is 17.3 Å². The number of fused-ring (bicyclic) bond motifs is 1. The summed E-state index contributed by atoms with van der Waals surface area (Å²) in [6.45, 7) is 4.02. The number of ether oxygens (including phenoxy) is 1. The van der Waals surface area contributed by atoms with Crippen molar-refractivity contribution in [2.45, 2.75) is 13.8 Å². The molecule has 0 atom stereocenters. The summed E-state index contributed by atoms with van der Waals surface area (Å²) in [7, 11) is 1.59. The quantitative estimate of drug-likeness (QED) is 0.703. The van der Waals surface area contributed by atoms with E-state index in [1.54, 1.807) is 19.2 Å². The first-order valence-corrected chi connectivity index (χ1v) is 6.44. The fourth-order valence-corrected chi connectivity index (χ4v) is 2.13. The van der Waals surface area contributed by atoms with Crippen LogP contribution >= 0.6 is 0 Å². The molecule has 0 radical (unpaired) electrons. The maximum Gasteiger partial charge on any atom is 0.245 e. The van der Waals surface area contributed by atoms with Crippen LogP contribution in [0.4, 0.5) is 5.69 Å². The summed E-state index contributed by atoms with van der Waals surface area (Å²) in [5.41, 5.74) is 8.93. The largest absolute Gasteiger partial charge is 0.497 e. The van der Waals surface area contributed by atoms with Crippen molar-refractivity contribution in [2.24, 2.45) is 17.5 Å². The first kappa shape index (κ1) is 14.2. The van der Waals surface area contributed by atoms with Crippen LogP contribution in [0.3, 0.4) is 0 Å². The Morgan fingerprint density at radius 3 is 2.75 bits per heavy atom. The number of anilines is 1. The van der Waals surface area contributed by atoms with E-state index in [1.807, 2.05) is 19.9 Å². The van der Waals surface area contributed by atoms with Gasteiger partial charge in [-0.25, -0.2) is 5.84 Å². The molecule has 0 saturated heterocycles. The van der Waals surface area contributed by atoms with Crippen LogP contribution in [-0.2, 0) is 4.79 Å². The minimum Gasteiger partial charge on any atom is -0.497 e. The number of rotatable bonds is 2. The lowest BCUT2D eigenvalue weighted by Crippen LogP contribution is -2.36. The van der Waals surface area contributed by atoms with Gasteiger partial charge in [0.15, 0.2) is 0 Å². The highest BCUT2D eigenvalue weighted by Crippen LogP contribution is 2.33. The Bertz CT molecular complexity index is 566. The molecule has 0 aliphatic carbocycles. The average Bonchev–Trinajstić information content (AvgIpc) is 2.51. The van der Waals surface area contributed by atoms with Crippen LogP contribution in [0, 0.1) is 5.92 Å². The van der Waals surface area contributed by atoms with Crippen molar-refractivity contribution in [2.75, 3.05) is 19.0 Å². The van der Waals surface area contributed by atoms with Gasteiger partial charge >= 0.3 is 0 Å². The average molecular weight is 276 g/mol. The number of carbonyl (C=O) groups is 1. The lowest BCUT2D eigenvalue weighted by atomic mass is 10.0. The topological polar surface area (TPSA) is 93.6 Å². The molecule has 5 N–H and O–H groups in total. The van der Waals surface area contributed by atoms with Crippen molar-refractivity contribution in [1.29, 1.82) is 0 Å². The van der Waals surface area contributed by atoms with Crippen LogP contribution < -0.4 is 21.6 Å². The molecule has 2 rings (SSSR count). The molecule has 6 nitrogen and oxygen atoms in total. The molecule has 0 saturated carbocycles. The van der Waals surface area contributed by atoms with E-state index < -0.39 is 0 Å². The maximum absolute atomic E-state index is 11.8. The monoisotopic (exact) mass is 276 g/mol. The lowest BCUT2D eigenvalue weighted by molar-refractivity contribution is -0.116. The molecule has 0 fully saturated rings. The van der Waals surface area contributed by atoms with Crippen LogP contribution in [0.15, 0.2) is 23.9 Å². The second kappa shape index (κ2) is 5.42. The Labute approximate surface area is 118 Å². The number of benzene rings is 1. The van der Waals surface area contributed by atoms with Gasteiger partial charge in [0, 0.05) is 11.3 Å². The molecule has 1 aliphatic rings. The minimum atomic E-state index is -0.175. The summed E-state index contributed by atoms with van der Waals surface area (Å²) in [4.78, 5) is 11.8. The highest BCUT2D eigenvalue weighted by atomic mass is 16.5. The second-order valence-corrected chi connectivity index (χ2v) is 5.05.